The third-order valence-electron chi connectivity index (χ3n) is 2.96. The van der Waals surface area contributed by atoms with Crippen LogP contribution in [0.15, 0.2) is 24.5 Å². The zero-order valence-electron chi connectivity index (χ0n) is 9.39. The Hall–Kier alpha value is -0.310. The van der Waals surface area contributed by atoms with Crippen molar-refractivity contribution in [1.29, 1.82) is 0 Å². The number of hydrogen-bond donors (Lipinski definition) is 1. The van der Waals surface area contributed by atoms with Crippen LogP contribution in [-0.2, 0) is 6.42 Å². The largest absolute Gasteiger partial charge is 0.316 e. The van der Waals surface area contributed by atoms with Gasteiger partial charge in [-0.2, -0.15) is 0 Å². The number of aryl methyl sites for hydroxylation is 1. The first-order valence-corrected chi connectivity index (χ1v) is 5.55. The second kappa shape index (κ2) is 8.80. The standard InChI is InChI=1S/C12H18N2.2ClH/c1-3-11(9-13-7-1)5-6-12-4-2-8-14-10-12;;/h1,3,7,9,12,14H,2,4-6,8,10H2;2*1H. The monoisotopic (exact) mass is 262 g/mol. The Labute approximate surface area is 110 Å². The molecule has 0 spiro atoms. The van der Waals surface area contributed by atoms with Crippen LogP contribution in [0.1, 0.15) is 24.8 Å². The summed E-state index contributed by atoms with van der Waals surface area (Å²) in [7, 11) is 0. The lowest BCUT2D eigenvalue weighted by Gasteiger charge is -2.22. The number of aromatic nitrogens is 1. The van der Waals surface area contributed by atoms with E-state index in [0.29, 0.717) is 0 Å². The Balaban J connectivity index is 0.00000112. The number of piperidine rings is 1. The summed E-state index contributed by atoms with van der Waals surface area (Å²) in [6, 6.07) is 4.19. The molecule has 1 aromatic heterocycles. The van der Waals surface area contributed by atoms with Gasteiger partial charge in [-0.05, 0) is 56.3 Å². The van der Waals surface area contributed by atoms with E-state index in [2.05, 4.69) is 16.4 Å². The summed E-state index contributed by atoms with van der Waals surface area (Å²) in [6.07, 6.45) is 9.05. The number of hydrogen-bond acceptors (Lipinski definition) is 2. The molecule has 1 atom stereocenters. The average Bonchev–Trinajstić information content (AvgIpc) is 2.29. The molecule has 1 saturated heterocycles. The van der Waals surface area contributed by atoms with Crippen molar-refractivity contribution < 1.29 is 0 Å². The van der Waals surface area contributed by atoms with Crippen LogP contribution in [0.5, 0.6) is 0 Å². The van der Waals surface area contributed by atoms with E-state index >= 15 is 0 Å². The Kier molecular flexibility index (Phi) is 8.63. The third-order valence-corrected chi connectivity index (χ3v) is 2.96. The van der Waals surface area contributed by atoms with E-state index in [1.165, 1.54) is 44.3 Å². The second-order valence-corrected chi connectivity index (χ2v) is 4.11. The van der Waals surface area contributed by atoms with Crippen molar-refractivity contribution in [1.82, 2.24) is 10.3 Å². The summed E-state index contributed by atoms with van der Waals surface area (Å²) >= 11 is 0. The first kappa shape index (κ1) is 15.7. The SMILES string of the molecule is Cl.Cl.c1cncc(CCC2CCCNC2)c1. The molecule has 0 bridgehead atoms. The predicted molar refractivity (Wildman–Crippen MR) is 72.6 cm³/mol. The molecule has 1 fully saturated rings. The fraction of sp³-hybridized carbons (Fsp3) is 0.583. The van der Waals surface area contributed by atoms with E-state index in [4.69, 9.17) is 0 Å². The van der Waals surface area contributed by atoms with Gasteiger partial charge in [-0.15, -0.1) is 24.8 Å². The van der Waals surface area contributed by atoms with Crippen LogP contribution in [0, 0.1) is 5.92 Å². The minimum absolute atomic E-state index is 0. The van der Waals surface area contributed by atoms with E-state index in [-0.39, 0.29) is 24.8 Å². The first-order chi connectivity index (χ1) is 6.95. The van der Waals surface area contributed by atoms with Crippen molar-refractivity contribution in [3.8, 4) is 0 Å². The van der Waals surface area contributed by atoms with Crippen molar-refractivity contribution in [2.45, 2.75) is 25.7 Å². The van der Waals surface area contributed by atoms with Crippen molar-refractivity contribution in [2.24, 2.45) is 5.92 Å². The summed E-state index contributed by atoms with van der Waals surface area (Å²) in [5.74, 6) is 0.879. The maximum atomic E-state index is 4.13. The zero-order chi connectivity index (χ0) is 9.64. The highest BCUT2D eigenvalue weighted by molar-refractivity contribution is 5.85. The zero-order valence-corrected chi connectivity index (χ0v) is 11.0. The fourth-order valence-electron chi connectivity index (χ4n) is 2.09. The Morgan fingerprint density at radius 3 is 2.88 bits per heavy atom. The van der Waals surface area contributed by atoms with Gasteiger partial charge < -0.3 is 5.32 Å². The number of nitrogens with one attached hydrogen (secondary N) is 1. The van der Waals surface area contributed by atoms with Crippen molar-refractivity contribution in [2.75, 3.05) is 13.1 Å². The summed E-state index contributed by atoms with van der Waals surface area (Å²) < 4.78 is 0. The molecule has 0 aromatic carbocycles. The van der Waals surface area contributed by atoms with E-state index in [1.807, 2.05) is 18.5 Å². The van der Waals surface area contributed by atoms with E-state index in [0.717, 1.165) is 5.92 Å². The molecule has 1 aromatic rings. The normalized spacial score (nSPS) is 19.4. The average molecular weight is 263 g/mol. The van der Waals surface area contributed by atoms with E-state index < -0.39 is 0 Å². The molecule has 4 heteroatoms. The van der Waals surface area contributed by atoms with Crippen molar-refractivity contribution >= 4 is 24.8 Å². The summed E-state index contributed by atoms with van der Waals surface area (Å²) in [4.78, 5) is 4.13. The van der Waals surface area contributed by atoms with Crippen LogP contribution in [0.4, 0.5) is 0 Å². The molecular weight excluding hydrogens is 243 g/mol. The topological polar surface area (TPSA) is 24.9 Å². The Morgan fingerprint density at radius 1 is 1.38 bits per heavy atom. The molecule has 2 rings (SSSR count). The molecule has 0 aliphatic carbocycles. The van der Waals surface area contributed by atoms with Crippen LogP contribution in [-0.4, -0.2) is 18.1 Å². The molecule has 0 saturated carbocycles. The second-order valence-electron chi connectivity index (χ2n) is 4.11. The number of halogens is 2. The molecule has 1 aliphatic rings. The Morgan fingerprint density at radius 2 is 2.25 bits per heavy atom. The highest BCUT2D eigenvalue weighted by Crippen LogP contribution is 2.16. The molecule has 2 nitrogen and oxygen atoms in total. The van der Waals surface area contributed by atoms with Gasteiger partial charge in [0.05, 0.1) is 0 Å². The maximum Gasteiger partial charge on any atom is 0.0299 e. The molecule has 1 unspecified atom stereocenters. The molecule has 0 amide bonds. The van der Waals surface area contributed by atoms with E-state index in [1.54, 1.807) is 0 Å². The van der Waals surface area contributed by atoms with Gasteiger partial charge in [0, 0.05) is 12.4 Å². The Bertz CT molecular complexity index is 261. The van der Waals surface area contributed by atoms with Crippen LogP contribution < -0.4 is 5.32 Å². The van der Waals surface area contributed by atoms with E-state index in [9.17, 15) is 0 Å². The molecule has 1 aliphatic heterocycles. The molecule has 16 heavy (non-hydrogen) atoms. The van der Waals surface area contributed by atoms with Gasteiger partial charge in [-0.1, -0.05) is 6.07 Å². The predicted octanol–water partition coefficient (Wildman–Crippen LogP) is 2.86. The van der Waals surface area contributed by atoms with Crippen molar-refractivity contribution in [3.63, 3.8) is 0 Å². The van der Waals surface area contributed by atoms with Gasteiger partial charge in [0.1, 0.15) is 0 Å². The lowest BCUT2D eigenvalue weighted by molar-refractivity contribution is 0.358. The smallest absolute Gasteiger partial charge is 0.0299 e. The van der Waals surface area contributed by atoms with Gasteiger partial charge in [-0.25, -0.2) is 0 Å². The fourth-order valence-corrected chi connectivity index (χ4v) is 2.09. The minimum Gasteiger partial charge on any atom is -0.316 e. The minimum atomic E-state index is 0. The molecule has 1 N–H and O–H groups in total. The van der Waals surface area contributed by atoms with Gasteiger partial charge >= 0.3 is 0 Å². The van der Waals surface area contributed by atoms with Crippen molar-refractivity contribution in [3.05, 3.63) is 30.1 Å². The summed E-state index contributed by atoms with van der Waals surface area (Å²) in [5, 5.41) is 3.46. The quantitative estimate of drug-likeness (QED) is 0.907. The number of nitrogens with zero attached hydrogens (tertiary/aromatic N) is 1. The maximum absolute atomic E-state index is 4.13. The lowest BCUT2D eigenvalue weighted by atomic mass is 9.93. The molecular formula is C12H20Cl2N2. The van der Waals surface area contributed by atoms with Gasteiger partial charge in [0.2, 0.25) is 0 Å². The highest BCUT2D eigenvalue weighted by atomic mass is 35.5. The van der Waals surface area contributed by atoms with Gasteiger partial charge in [-0.3, -0.25) is 4.98 Å². The highest BCUT2D eigenvalue weighted by Gasteiger charge is 2.12. The number of rotatable bonds is 3. The number of pyridine rings is 1. The van der Waals surface area contributed by atoms with Crippen LogP contribution in [0.2, 0.25) is 0 Å². The summed E-state index contributed by atoms with van der Waals surface area (Å²) in [6.45, 7) is 2.42. The van der Waals surface area contributed by atoms with Gasteiger partial charge in [0.25, 0.3) is 0 Å². The molecule has 92 valence electrons. The van der Waals surface area contributed by atoms with Gasteiger partial charge in [0.15, 0.2) is 0 Å². The third kappa shape index (κ3) is 5.15. The molecule has 2 heterocycles. The van der Waals surface area contributed by atoms with Crippen LogP contribution >= 0.6 is 24.8 Å². The van der Waals surface area contributed by atoms with Crippen LogP contribution in [0.3, 0.4) is 0 Å². The molecule has 0 radical (unpaired) electrons. The first-order valence-electron chi connectivity index (χ1n) is 5.55. The van der Waals surface area contributed by atoms with Crippen LogP contribution in [0.25, 0.3) is 0 Å². The lowest BCUT2D eigenvalue weighted by Crippen LogP contribution is -2.29. The summed E-state index contributed by atoms with van der Waals surface area (Å²) in [5.41, 5.74) is 1.37.